The predicted octanol–water partition coefficient (Wildman–Crippen LogP) is 6.45. The van der Waals surface area contributed by atoms with Crippen LogP contribution >= 0.6 is 11.6 Å². The quantitative estimate of drug-likeness (QED) is 0.284. The van der Waals surface area contributed by atoms with Crippen molar-refractivity contribution in [3.8, 4) is 0 Å². The lowest BCUT2D eigenvalue weighted by Crippen LogP contribution is -2.69. The minimum atomic E-state index is -0.515. The van der Waals surface area contributed by atoms with Gasteiger partial charge in [-0.1, -0.05) is 39.3 Å². The molecule has 1 aromatic carbocycles. The third-order valence-electron chi connectivity index (χ3n) is 11.1. The molecule has 1 amide bonds. The molecule has 10 heteroatoms. The normalized spacial score (nSPS) is 28.4. The Hall–Kier alpha value is -2.65. The Kier molecular flexibility index (Phi) is 8.26. The van der Waals surface area contributed by atoms with E-state index in [0.29, 0.717) is 52.1 Å². The van der Waals surface area contributed by atoms with Gasteiger partial charge in [-0.05, 0) is 94.0 Å². The van der Waals surface area contributed by atoms with E-state index in [4.69, 9.17) is 16.6 Å². The molecule has 0 radical (unpaired) electrons. The first-order valence-corrected chi connectivity index (χ1v) is 16.6. The van der Waals surface area contributed by atoms with Crippen molar-refractivity contribution in [1.29, 1.82) is 0 Å². The topological polar surface area (TPSA) is 85.4 Å². The molecular weight excluding hydrogens is 565 g/mol. The first-order valence-electron chi connectivity index (χ1n) is 16.2. The molecule has 0 spiro atoms. The number of nitrogens with zero attached hydrogens (tertiary/aromatic N) is 4. The minimum Gasteiger partial charge on any atom is -0.369 e. The van der Waals surface area contributed by atoms with Crippen molar-refractivity contribution in [2.45, 2.75) is 90.8 Å². The number of fused-ring (bicyclic) bond motifs is 2. The first kappa shape index (κ1) is 30.4. The second-order valence-corrected chi connectivity index (χ2v) is 14.3. The number of benzene rings is 1. The smallest absolute Gasteiger partial charge is 0.229 e. The van der Waals surface area contributed by atoms with E-state index in [1.54, 1.807) is 6.20 Å². The summed E-state index contributed by atoms with van der Waals surface area (Å²) in [5.74, 6) is 1.33. The summed E-state index contributed by atoms with van der Waals surface area (Å²) >= 11 is 6.63. The third kappa shape index (κ3) is 5.79. The van der Waals surface area contributed by atoms with Gasteiger partial charge >= 0.3 is 0 Å². The zero-order chi connectivity index (χ0) is 30.5. The molecule has 2 bridgehead atoms. The number of hydrogen-bond donors (Lipinski definition) is 3. The largest absolute Gasteiger partial charge is 0.369 e. The molecule has 4 aliphatic carbocycles. The maximum atomic E-state index is 15.4. The molecule has 5 aliphatic rings. The van der Waals surface area contributed by atoms with Gasteiger partial charge in [-0.3, -0.25) is 4.79 Å². The molecule has 1 saturated heterocycles. The van der Waals surface area contributed by atoms with E-state index in [-0.39, 0.29) is 23.1 Å². The molecule has 1 aliphatic heterocycles. The zero-order valence-corrected chi connectivity index (χ0v) is 27.0. The van der Waals surface area contributed by atoms with Gasteiger partial charge in [-0.2, -0.15) is 4.98 Å². The minimum absolute atomic E-state index is 0.124. The van der Waals surface area contributed by atoms with E-state index in [1.165, 1.54) is 6.07 Å². The van der Waals surface area contributed by atoms with Gasteiger partial charge < -0.3 is 25.8 Å². The van der Waals surface area contributed by atoms with Crippen LogP contribution in [-0.2, 0) is 4.79 Å². The summed E-state index contributed by atoms with van der Waals surface area (Å²) < 4.78 is 15.4. The average Bonchev–Trinajstić information content (AvgIpc) is 3.79. The molecular formula is C33H47ClFN7O. The Bertz CT molecular complexity index is 1340. The van der Waals surface area contributed by atoms with Crippen LogP contribution in [0, 0.1) is 29.0 Å². The van der Waals surface area contributed by atoms with Crippen molar-refractivity contribution < 1.29 is 9.18 Å². The highest BCUT2D eigenvalue weighted by molar-refractivity contribution is 6.32. The average molecular weight is 612 g/mol. The third-order valence-corrected chi connectivity index (χ3v) is 11.4. The Balaban J connectivity index is 1.16. The van der Waals surface area contributed by atoms with Crippen LogP contribution in [0.2, 0.25) is 5.02 Å². The lowest BCUT2D eigenvalue weighted by molar-refractivity contribution is -0.156. The Morgan fingerprint density at radius 2 is 1.84 bits per heavy atom. The monoisotopic (exact) mass is 611 g/mol. The summed E-state index contributed by atoms with van der Waals surface area (Å²) in [5, 5.41) is 10.4. The van der Waals surface area contributed by atoms with Crippen molar-refractivity contribution in [3.05, 3.63) is 35.2 Å². The summed E-state index contributed by atoms with van der Waals surface area (Å²) in [6, 6.07) is 6.10. The van der Waals surface area contributed by atoms with Gasteiger partial charge in [0.25, 0.3) is 0 Å². The van der Waals surface area contributed by atoms with Crippen LogP contribution < -0.4 is 20.9 Å². The molecule has 43 heavy (non-hydrogen) atoms. The molecule has 2 aromatic rings. The summed E-state index contributed by atoms with van der Waals surface area (Å²) in [4.78, 5) is 27.1. The number of anilines is 4. The molecule has 4 saturated carbocycles. The SMILES string of the molecule is CCN(CC)C1CCN(c2ccc(Nc3ncc(Cl)c(N[C@@]4(C)[C@@H](C(=O)NC5CC5)C[C@@H]5C[C@@H]4C5(C)C)n3)cc2F)CC1. The van der Waals surface area contributed by atoms with E-state index in [2.05, 4.69) is 65.4 Å². The van der Waals surface area contributed by atoms with E-state index in [1.807, 2.05) is 12.1 Å². The summed E-state index contributed by atoms with van der Waals surface area (Å²) in [5.41, 5.74) is 0.809. The van der Waals surface area contributed by atoms with Gasteiger partial charge in [0, 0.05) is 30.9 Å². The van der Waals surface area contributed by atoms with Gasteiger partial charge in [-0.25, -0.2) is 9.37 Å². The summed E-state index contributed by atoms with van der Waals surface area (Å²) in [6.07, 6.45) is 7.68. The van der Waals surface area contributed by atoms with Crippen molar-refractivity contribution in [2.24, 2.45) is 23.2 Å². The van der Waals surface area contributed by atoms with Crippen LogP contribution in [0.15, 0.2) is 24.4 Å². The van der Waals surface area contributed by atoms with Gasteiger partial charge in [-0.15, -0.1) is 0 Å². The lowest BCUT2D eigenvalue weighted by atomic mass is 9.40. The van der Waals surface area contributed by atoms with E-state index in [0.717, 1.165) is 64.7 Å². The van der Waals surface area contributed by atoms with Gasteiger partial charge in [0.2, 0.25) is 11.9 Å². The fraction of sp³-hybridized carbons (Fsp3) is 0.667. The predicted molar refractivity (Wildman–Crippen MR) is 172 cm³/mol. The number of carbonyl (C=O) groups excluding carboxylic acids is 1. The number of hydrogen-bond acceptors (Lipinski definition) is 7. The molecule has 3 N–H and O–H groups in total. The Morgan fingerprint density at radius 3 is 2.47 bits per heavy atom. The van der Waals surface area contributed by atoms with Crippen LogP contribution in [-0.4, -0.2) is 64.6 Å². The van der Waals surface area contributed by atoms with Crippen LogP contribution in [0.4, 0.5) is 27.5 Å². The van der Waals surface area contributed by atoms with Crippen molar-refractivity contribution in [1.82, 2.24) is 20.2 Å². The lowest BCUT2D eigenvalue weighted by Gasteiger charge is -2.66. The molecule has 0 unspecified atom stereocenters. The standard InChI is InChI=1S/C33H47ClFN7O/c1-6-41(7-2)23-12-14-42(15-13-23)27-11-10-22(18-26(27)35)38-31-36-19-25(34)29(39-31)40-33(5)24(30(43)37-21-8-9-21)16-20-17-28(33)32(20,3)4/h10-11,18-21,23-24,28H,6-9,12-17H2,1-5H3,(H,37,43)(H2,36,38,39,40)/t20-,24-,28-,33+/m1/s1. The Labute approximate surface area is 260 Å². The van der Waals surface area contributed by atoms with Gasteiger partial charge in [0.1, 0.15) is 10.8 Å². The number of halogens is 2. The van der Waals surface area contributed by atoms with E-state index >= 15 is 4.39 Å². The number of rotatable bonds is 10. The molecule has 2 heterocycles. The van der Waals surface area contributed by atoms with Crippen LogP contribution in [0.5, 0.6) is 0 Å². The molecule has 234 valence electrons. The molecule has 5 fully saturated rings. The number of nitrogens with one attached hydrogen (secondary N) is 3. The van der Waals surface area contributed by atoms with Gasteiger partial charge in [0.15, 0.2) is 5.82 Å². The van der Waals surface area contributed by atoms with Crippen LogP contribution in [0.3, 0.4) is 0 Å². The summed E-state index contributed by atoms with van der Waals surface area (Å²) in [6.45, 7) is 15.0. The highest BCUT2D eigenvalue weighted by Crippen LogP contribution is 2.65. The molecule has 4 atom stereocenters. The van der Waals surface area contributed by atoms with Crippen molar-refractivity contribution in [3.63, 3.8) is 0 Å². The molecule has 7 rings (SSSR count). The fourth-order valence-electron chi connectivity index (χ4n) is 8.24. The highest BCUT2D eigenvalue weighted by Gasteiger charge is 2.65. The number of aromatic nitrogens is 2. The molecule has 1 aromatic heterocycles. The maximum absolute atomic E-state index is 15.4. The number of amides is 1. The van der Waals surface area contributed by atoms with Crippen LogP contribution in [0.1, 0.15) is 73.1 Å². The van der Waals surface area contributed by atoms with Gasteiger partial charge in [0.05, 0.1) is 23.3 Å². The zero-order valence-electron chi connectivity index (χ0n) is 26.2. The summed E-state index contributed by atoms with van der Waals surface area (Å²) in [7, 11) is 0. The Morgan fingerprint density at radius 1 is 1.12 bits per heavy atom. The highest BCUT2D eigenvalue weighted by atomic mass is 35.5. The van der Waals surface area contributed by atoms with Crippen LogP contribution in [0.25, 0.3) is 0 Å². The fourth-order valence-corrected chi connectivity index (χ4v) is 8.38. The van der Waals surface area contributed by atoms with Crippen molar-refractivity contribution >= 4 is 40.6 Å². The second-order valence-electron chi connectivity index (χ2n) is 13.9. The van der Waals surface area contributed by atoms with E-state index in [9.17, 15) is 4.79 Å². The number of piperidine rings is 1. The van der Waals surface area contributed by atoms with E-state index < -0.39 is 5.54 Å². The van der Waals surface area contributed by atoms with Crippen molar-refractivity contribution in [2.75, 3.05) is 41.7 Å². The first-order chi connectivity index (χ1) is 20.5. The maximum Gasteiger partial charge on any atom is 0.229 e. The second kappa shape index (κ2) is 11.7. The number of carbonyl (C=O) groups is 1. The molecule has 8 nitrogen and oxygen atoms in total.